The van der Waals surface area contributed by atoms with Crippen molar-refractivity contribution in [2.45, 2.75) is 44.1 Å². The van der Waals surface area contributed by atoms with Gasteiger partial charge in [0.05, 0.1) is 25.2 Å². The lowest BCUT2D eigenvalue weighted by molar-refractivity contribution is 0.0726. The van der Waals surface area contributed by atoms with Crippen LogP contribution in [0.15, 0.2) is 36.4 Å². The zero-order chi connectivity index (χ0) is 19.9. The lowest BCUT2D eigenvalue weighted by Crippen LogP contribution is -2.20. The molecule has 1 aromatic carbocycles. The van der Waals surface area contributed by atoms with Crippen LogP contribution < -0.4 is 10.5 Å². The topological polar surface area (TPSA) is 61.6 Å². The fraction of sp³-hybridized carbons (Fsp3) is 0.500. The van der Waals surface area contributed by atoms with Gasteiger partial charge in [-0.15, -0.1) is 22.9 Å². The number of methoxy groups -OCH3 is 1. The van der Waals surface area contributed by atoms with Crippen LogP contribution in [-0.2, 0) is 17.8 Å². The molecule has 0 saturated heterocycles. The second kappa shape index (κ2) is 10.3. The van der Waals surface area contributed by atoms with Crippen molar-refractivity contribution in [3.63, 3.8) is 0 Å². The Hall–Kier alpha value is -1.56. The lowest BCUT2D eigenvalue weighted by atomic mass is 9.91. The van der Waals surface area contributed by atoms with E-state index in [1.54, 1.807) is 7.11 Å². The zero-order valence-electron chi connectivity index (χ0n) is 16.2. The maximum atomic E-state index is 11.2. The van der Waals surface area contributed by atoms with E-state index in [-0.39, 0.29) is 11.3 Å². The molecule has 6 heteroatoms. The van der Waals surface area contributed by atoms with E-state index >= 15 is 0 Å². The van der Waals surface area contributed by atoms with Gasteiger partial charge in [-0.25, -0.2) is 0 Å². The number of ether oxygens (including phenoxy) is 2. The van der Waals surface area contributed by atoms with Gasteiger partial charge in [0.15, 0.2) is 0 Å². The number of carbonyl (C=O) groups is 1. The predicted octanol–water partition coefficient (Wildman–Crippen LogP) is 5.03. The van der Waals surface area contributed by atoms with Crippen LogP contribution in [0.3, 0.4) is 0 Å². The number of hydrogen-bond donors (Lipinski definition) is 1. The molecule has 0 bridgehead atoms. The minimum atomic E-state index is -0.346. The fourth-order valence-electron chi connectivity index (χ4n) is 3.97. The van der Waals surface area contributed by atoms with Gasteiger partial charge in [-0.2, -0.15) is 0 Å². The molecule has 1 aliphatic rings. The molecule has 3 rings (SSSR count). The minimum absolute atomic E-state index is 0.231. The number of thiophene rings is 1. The molecule has 0 spiro atoms. The Labute approximate surface area is 176 Å². The Balaban J connectivity index is 1.44. The van der Waals surface area contributed by atoms with Crippen molar-refractivity contribution in [2.24, 2.45) is 17.6 Å². The summed E-state index contributed by atoms with van der Waals surface area (Å²) in [7, 11) is 1.68. The maximum absolute atomic E-state index is 11.2. The third kappa shape index (κ3) is 5.72. The number of amides is 1. The van der Waals surface area contributed by atoms with Gasteiger partial charge >= 0.3 is 0 Å². The van der Waals surface area contributed by atoms with Gasteiger partial charge in [0.2, 0.25) is 0 Å². The molecule has 2 N–H and O–H groups in total. The second-order valence-electron chi connectivity index (χ2n) is 7.41. The predicted molar refractivity (Wildman–Crippen MR) is 114 cm³/mol. The van der Waals surface area contributed by atoms with E-state index in [4.69, 9.17) is 26.8 Å². The monoisotopic (exact) mass is 421 g/mol. The van der Waals surface area contributed by atoms with Crippen LogP contribution in [0.5, 0.6) is 5.75 Å². The number of primary amides is 1. The van der Waals surface area contributed by atoms with Crippen molar-refractivity contribution in [3.8, 4) is 5.75 Å². The number of hydrogen-bond acceptors (Lipinski definition) is 4. The Morgan fingerprint density at radius 2 is 2.14 bits per heavy atom. The summed E-state index contributed by atoms with van der Waals surface area (Å²) in [5.41, 5.74) is 6.45. The van der Waals surface area contributed by atoms with E-state index in [1.807, 2.05) is 30.3 Å². The summed E-state index contributed by atoms with van der Waals surface area (Å²) in [5, 5.41) is 0.231. The molecule has 28 heavy (non-hydrogen) atoms. The third-order valence-electron chi connectivity index (χ3n) is 5.48. The number of nitrogens with two attached hydrogens (primary N) is 1. The molecule has 1 amide bonds. The van der Waals surface area contributed by atoms with Crippen molar-refractivity contribution >= 4 is 28.8 Å². The molecule has 1 fully saturated rings. The summed E-state index contributed by atoms with van der Waals surface area (Å²) in [4.78, 5) is 13.1. The van der Waals surface area contributed by atoms with Gasteiger partial charge in [-0.05, 0) is 73.8 Å². The summed E-state index contributed by atoms with van der Waals surface area (Å²) in [6.45, 7) is 1.34. The quantitative estimate of drug-likeness (QED) is 0.547. The molecule has 0 radical (unpaired) electrons. The molecular weight excluding hydrogens is 394 g/mol. The molecule has 2 aromatic rings. The molecule has 1 aromatic heterocycles. The van der Waals surface area contributed by atoms with Crippen molar-refractivity contribution < 1.29 is 14.3 Å². The molecule has 0 aliphatic heterocycles. The van der Waals surface area contributed by atoms with E-state index in [2.05, 4.69) is 6.07 Å². The van der Waals surface area contributed by atoms with Crippen molar-refractivity contribution in [2.75, 3.05) is 13.7 Å². The number of halogens is 1. The minimum Gasteiger partial charge on any atom is -0.497 e. The van der Waals surface area contributed by atoms with E-state index in [0.29, 0.717) is 23.3 Å². The number of aryl methyl sites for hydroxylation is 1. The van der Waals surface area contributed by atoms with Crippen molar-refractivity contribution in [3.05, 3.63) is 51.7 Å². The Kier molecular flexibility index (Phi) is 7.77. The summed E-state index contributed by atoms with van der Waals surface area (Å²) >= 11 is 8.10. The zero-order valence-corrected chi connectivity index (χ0v) is 17.8. The Bertz CT molecular complexity index is 779. The number of carbonyl (C=O) groups excluding carboxylic acids is 1. The van der Waals surface area contributed by atoms with Crippen LogP contribution in [0.1, 0.15) is 45.8 Å². The largest absolute Gasteiger partial charge is 0.497 e. The van der Waals surface area contributed by atoms with Crippen LogP contribution in [0.25, 0.3) is 0 Å². The lowest BCUT2D eigenvalue weighted by Gasteiger charge is -2.22. The highest BCUT2D eigenvalue weighted by Gasteiger charge is 2.34. The number of alkyl halides is 1. The first-order valence-corrected chi connectivity index (χ1v) is 11.1. The highest BCUT2D eigenvalue weighted by molar-refractivity contribution is 7.14. The molecule has 4 nitrogen and oxygen atoms in total. The molecule has 1 saturated carbocycles. The highest BCUT2D eigenvalue weighted by atomic mass is 35.5. The van der Waals surface area contributed by atoms with Crippen LogP contribution in [0.4, 0.5) is 0 Å². The average Bonchev–Trinajstić information content (AvgIpc) is 3.30. The average molecular weight is 422 g/mol. The normalized spacial score (nSPS) is 21.7. The highest BCUT2D eigenvalue weighted by Crippen LogP contribution is 2.39. The second-order valence-corrected chi connectivity index (χ2v) is 9.14. The van der Waals surface area contributed by atoms with Crippen LogP contribution in [-0.4, -0.2) is 25.0 Å². The molecule has 1 heterocycles. The van der Waals surface area contributed by atoms with Gasteiger partial charge in [0.1, 0.15) is 5.75 Å². The fourth-order valence-corrected chi connectivity index (χ4v) is 5.33. The molecule has 152 valence electrons. The smallest absolute Gasteiger partial charge is 0.258 e. The first-order chi connectivity index (χ1) is 13.6. The van der Waals surface area contributed by atoms with Gasteiger partial charge in [0.25, 0.3) is 5.91 Å². The summed E-state index contributed by atoms with van der Waals surface area (Å²) < 4.78 is 11.3. The van der Waals surface area contributed by atoms with E-state index in [0.717, 1.165) is 50.0 Å². The van der Waals surface area contributed by atoms with Gasteiger partial charge in [-0.3, -0.25) is 4.79 Å². The maximum Gasteiger partial charge on any atom is 0.258 e. The first-order valence-electron chi connectivity index (χ1n) is 9.80. The Morgan fingerprint density at radius 3 is 2.89 bits per heavy atom. The van der Waals surface area contributed by atoms with Crippen molar-refractivity contribution in [1.82, 2.24) is 0 Å². The standard InChI is InChI=1S/C22H28ClNO3S/c1-26-17-5-2-4-15(12-17)13-27-14-16-8-10-20(23)19(16)7-3-6-18-9-11-21(28-18)22(24)25/h2,4-5,9,11-12,16,19-20H,3,6-8,10,13-14H2,1H3,(H2,24,25)/t16-,19-,20-/m1/s1. The molecule has 3 atom stereocenters. The Morgan fingerprint density at radius 1 is 1.29 bits per heavy atom. The van der Waals surface area contributed by atoms with E-state index in [1.165, 1.54) is 16.2 Å². The van der Waals surface area contributed by atoms with E-state index < -0.39 is 0 Å². The van der Waals surface area contributed by atoms with Crippen LogP contribution in [0.2, 0.25) is 0 Å². The summed E-state index contributed by atoms with van der Waals surface area (Å²) in [6, 6.07) is 11.8. The van der Waals surface area contributed by atoms with Crippen molar-refractivity contribution in [1.29, 1.82) is 0 Å². The van der Waals surface area contributed by atoms with Gasteiger partial charge in [-0.1, -0.05) is 12.1 Å². The van der Waals surface area contributed by atoms with Gasteiger partial charge in [0, 0.05) is 10.3 Å². The number of rotatable bonds is 10. The van der Waals surface area contributed by atoms with Crippen LogP contribution in [0, 0.1) is 11.8 Å². The molecule has 1 aliphatic carbocycles. The first kappa shape index (κ1) is 21.2. The summed E-state index contributed by atoms with van der Waals surface area (Å²) in [6.07, 6.45) is 5.31. The molecule has 0 unspecified atom stereocenters. The summed E-state index contributed by atoms with van der Waals surface area (Å²) in [5.74, 6) is 1.51. The van der Waals surface area contributed by atoms with E-state index in [9.17, 15) is 4.79 Å². The third-order valence-corrected chi connectivity index (χ3v) is 7.18. The molecular formula is C22H28ClNO3S. The van der Waals surface area contributed by atoms with Crippen LogP contribution >= 0.6 is 22.9 Å². The SMILES string of the molecule is COc1cccc(COC[C@H]2CC[C@@H](Cl)[C@@H]2CCCc2ccc(C(N)=O)s2)c1. The number of benzene rings is 1. The van der Waals surface area contributed by atoms with Gasteiger partial charge < -0.3 is 15.2 Å².